The molecular weight excluding hydrogens is 262 g/mol. The van der Waals surface area contributed by atoms with Crippen LogP contribution in [0.25, 0.3) is 0 Å². The maximum absolute atomic E-state index is 8.52. The second-order valence-corrected chi connectivity index (χ2v) is 4.01. The van der Waals surface area contributed by atoms with Gasteiger partial charge in [0.2, 0.25) is 0 Å². The van der Waals surface area contributed by atoms with Crippen molar-refractivity contribution in [1.29, 1.82) is 0 Å². The van der Waals surface area contributed by atoms with Gasteiger partial charge in [0.05, 0.1) is 30.4 Å². The van der Waals surface area contributed by atoms with E-state index in [-0.39, 0.29) is 11.6 Å². The van der Waals surface area contributed by atoms with Gasteiger partial charge in [-0.1, -0.05) is 29.9 Å². The summed E-state index contributed by atoms with van der Waals surface area (Å²) in [5.74, 6) is 0.539. The van der Waals surface area contributed by atoms with Crippen LogP contribution in [0.5, 0.6) is 5.75 Å². The molecule has 0 atom stereocenters. The molecule has 0 amide bonds. The zero-order valence-electron chi connectivity index (χ0n) is 9.19. The van der Waals surface area contributed by atoms with E-state index in [1.54, 1.807) is 18.2 Å². The summed E-state index contributed by atoms with van der Waals surface area (Å²) < 4.78 is 10.5. The van der Waals surface area contributed by atoms with Crippen LogP contribution in [0.2, 0.25) is 5.02 Å². The van der Waals surface area contributed by atoms with Gasteiger partial charge in [-0.15, -0.1) is 0 Å². The number of hydrogen-bond donors (Lipinski definition) is 2. The molecule has 94 valence electrons. The van der Waals surface area contributed by atoms with Crippen LogP contribution in [-0.2, 0) is 4.74 Å². The summed E-state index contributed by atoms with van der Waals surface area (Å²) in [5, 5.41) is 8.98. The van der Waals surface area contributed by atoms with Gasteiger partial charge in [0, 0.05) is 0 Å². The normalized spacial score (nSPS) is 10.2. The highest BCUT2D eigenvalue weighted by Gasteiger charge is 2.10. The third-order valence-corrected chi connectivity index (χ3v) is 2.46. The first-order valence-corrected chi connectivity index (χ1v) is 5.85. The number of ether oxygens (including phenoxy) is 2. The number of aliphatic hydroxyl groups excluding tert-OH is 1. The summed E-state index contributed by atoms with van der Waals surface area (Å²) >= 11 is 10.9. The molecule has 0 saturated carbocycles. The zero-order valence-corrected chi connectivity index (χ0v) is 10.8. The van der Waals surface area contributed by atoms with Gasteiger partial charge in [-0.2, -0.15) is 0 Å². The van der Waals surface area contributed by atoms with Crippen LogP contribution >= 0.6 is 23.8 Å². The van der Waals surface area contributed by atoms with Crippen LogP contribution in [0.4, 0.5) is 0 Å². The zero-order chi connectivity index (χ0) is 12.7. The molecule has 0 fully saturated rings. The molecule has 1 aromatic rings. The van der Waals surface area contributed by atoms with Gasteiger partial charge in [0.15, 0.2) is 0 Å². The van der Waals surface area contributed by atoms with Crippen LogP contribution in [-0.4, -0.2) is 36.5 Å². The lowest BCUT2D eigenvalue weighted by atomic mass is 10.2. The van der Waals surface area contributed by atoms with Gasteiger partial charge in [-0.05, 0) is 12.1 Å². The number of nitrogens with two attached hydrogens (primary N) is 1. The topological polar surface area (TPSA) is 64.7 Å². The molecule has 0 bridgehead atoms. The summed E-state index contributed by atoms with van der Waals surface area (Å²) in [6.07, 6.45) is 0. The maximum atomic E-state index is 8.52. The Hall–Kier alpha value is -0.880. The van der Waals surface area contributed by atoms with Crippen molar-refractivity contribution < 1.29 is 14.6 Å². The average Bonchev–Trinajstić information content (AvgIpc) is 2.28. The Labute approximate surface area is 110 Å². The lowest BCUT2D eigenvalue weighted by Gasteiger charge is -2.11. The predicted octanol–water partition coefficient (Wildman–Crippen LogP) is 1.36. The van der Waals surface area contributed by atoms with E-state index in [2.05, 4.69) is 0 Å². The predicted molar refractivity (Wildman–Crippen MR) is 70.7 cm³/mol. The van der Waals surface area contributed by atoms with E-state index >= 15 is 0 Å². The Morgan fingerprint density at radius 2 is 2.12 bits per heavy atom. The van der Waals surface area contributed by atoms with E-state index in [1.165, 1.54) is 0 Å². The summed E-state index contributed by atoms with van der Waals surface area (Å²) in [4.78, 5) is 0.196. The highest BCUT2D eigenvalue weighted by Crippen LogP contribution is 2.26. The Kier molecular flexibility index (Phi) is 6.21. The Bertz CT molecular complexity index is 387. The summed E-state index contributed by atoms with van der Waals surface area (Å²) in [7, 11) is 0. The lowest BCUT2D eigenvalue weighted by Crippen LogP contribution is -2.15. The molecule has 0 unspecified atom stereocenters. The van der Waals surface area contributed by atoms with E-state index in [1.807, 2.05) is 0 Å². The summed E-state index contributed by atoms with van der Waals surface area (Å²) in [6.45, 7) is 1.01. The third kappa shape index (κ3) is 4.47. The van der Waals surface area contributed by atoms with Crippen LogP contribution in [0.3, 0.4) is 0 Å². The van der Waals surface area contributed by atoms with Crippen molar-refractivity contribution in [2.45, 2.75) is 0 Å². The van der Waals surface area contributed by atoms with E-state index in [0.29, 0.717) is 36.2 Å². The first-order valence-electron chi connectivity index (χ1n) is 5.06. The first-order chi connectivity index (χ1) is 8.16. The molecule has 0 aromatic heterocycles. The molecule has 0 aliphatic rings. The van der Waals surface area contributed by atoms with Crippen molar-refractivity contribution in [3.63, 3.8) is 0 Å². The van der Waals surface area contributed by atoms with Crippen molar-refractivity contribution in [3.05, 3.63) is 28.8 Å². The molecule has 6 heteroatoms. The summed E-state index contributed by atoms with van der Waals surface area (Å²) in [6, 6.07) is 5.20. The second kappa shape index (κ2) is 7.45. The minimum Gasteiger partial charge on any atom is -0.490 e. The quantitative estimate of drug-likeness (QED) is 0.581. The molecular formula is C11H14ClNO3S. The number of hydrogen-bond acceptors (Lipinski definition) is 4. The van der Waals surface area contributed by atoms with E-state index in [0.717, 1.165) is 0 Å². The minimum atomic E-state index is -0.00466. The number of benzene rings is 1. The molecule has 0 heterocycles. The molecule has 0 radical (unpaired) electrons. The molecule has 0 spiro atoms. The molecule has 1 rings (SSSR count). The Morgan fingerprint density at radius 1 is 1.35 bits per heavy atom. The number of thiocarbonyl (C=S) groups is 1. The van der Waals surface area contributed by atoms with Gasteiger partial charge >= 0.3 is 0 Å². The molecule has 0 saturated heterocycles. The molecule has 1 aromatic carbocycles. The smallest absolute Gasteiger partial charge is 0.131 e. The van der Waals surface area contributed by atoms with Crippen molar-refractivity contribution in [2.24, 2.45) is 5.73 Å². The summed E-state index contributed by atoms with van der Waals surface area (Å²) in [5.41, 5.74) is 6.10. The SMILES string of the molecule is NC(=S)c1c(Cl)cccc1OCCOCCO. The van der Waals surface area contributed by atoms with Crippen molar-refractivity contribution in [2.75, 3.05) is 26.4 Å². The number of halogens is 1. The molecule has 0 aliphatic heterocycles. The van der Waals surface area contributed by atoms with Crippen LogP contribution in [0.15, 0.2) is 18.2 Å². The highest BCUT2D eigenvalue weighted by atomic mass is 35.5. The molecule has 17 heavy (non-hydrogen) atoms. The van der Waals surface area contributed by atoms with Gasteiger partial charge < -0.3 is 20.3 Å². The fourth-order valence-electron chi connectivity index (χ4n) is 1.24. The van der Waals surface area contributed by atoms with Gasteiger partial charge in [-0.3, -0.25) is 0 Å². The van der Waals surface area contributed by atoms with Gasteiger partial charge in [-0.25, -0.2) is 0 Å². The third-order valence-electron chi connectivity index (χ3n) is 1.94. The van der Waals surface area contributed by atoms with E-state index in [9.17, 15) is 0 Å². The largest absolute Gasteiger partial charge is 0.490 e. The monoisotopic (exact) mass is 275 g/mol. The minimum absolute atomic E-state index is 0.00466. The van der Waals surface area contributed by atoms with Crippen molar-refractivity contribution in [1.82, 2.24) is 0 Å². The van der Waals surface area contributed by atoms with Crippen LogP contribution < -0.4 is 10.5 Å². The highest BCUT2D eigenvalue weighted by molar-refractivity contribution is 7.80. The van der Waals surface area contributed by atoms with E-state index in [4.69, 9.17) is 44.1 Å². The molecule has 3 N–H and O–H groups in total. The fourth-order valence-corrected chi connectivity index (χ4v) is 1.78. The van der Waals surface area contributed by atoms with Crippen molar-refractivity contribution >= 4 is 28.8 Å². The maximum Gasteiger partial charge on any atom is 0.131 e. The van der Waals surface area contributed by atoms with Crippen LogP contribution in [0, 0.1) is 0 Å². The average molecular weight is 276 g/mol. The Morgan fingerprint density at radius 3 is 2.76 bits per heavy atom. The van der Waals surface area contributed by atoms with Gasteiger partial charge in [0.1, 0.15) is 17.3 Å². The molecule has 0 aliphatic carbocycles. The van der Waals surface area contributed by atoms with E-state index < -0.39 is 0 Å². The number of rotatable bonds is 7. The first kappa shape index (κ1) is 14.2. The fraction of sp³-hybridized carbons (Fsp3) is 0.364. The standard InChI is InChI=1S/C11H14ClNO3S/c12-8-2-1-3-9(10(8)11(13)17)16-7-6-15-5-4-14/h1-3,14H,4-7H2,(H2,13,17). The Balaban J connectivity index is 2.58. The number of aliphatic hydroxyl groups is 1. The van der Waals surface area contributed by atoms with Crippen molar-refractivity contribution in [3.8, 4) is 5.75 Å². The lowest BCUT2D eigenvalue weighted by molar-refractivity contribution is 0.0705. The molecule has 4 nitrogen and oxygen atoms in total. The second-order valence-electron chi connectivity index (χ2n) is 3.16. The van der Waals surface area contributed by atoms with Gasteiger partial charge in [0.25, 0.3) is 0 Å². The van der Waals surface area contributed by atoms with Crippen LogP contribution in [0.1, 0.15) is 5.56 Å².